The molecule has 0 amide bonds. The van der Waals surface area contributed by atoms with Gasteiger partial charge in [0.15, 0.2) is 0 Å². The lowest BCUT2D eigenvalue weighted by atomic mass is 10.1. The predicted octanol–water partition coefficient (Wildman–Crippen LogP) is 5.57. The van der Waals surface area contributed by atoms with Gasteiger partial charge in [-0.1, -0.05) is 60.3 Å². The average Bonchev–Trinajstić information content (AvgIpc) is 3.54. The molecule has 0 fully saturated rings. The molecule has 31 heavy (non-hydrogen) atoms. The van der Waals surface area contributed by atoms with Gasteiger partial charge in [0.25, 0.3) is 5.22 Å². The van der Waals surface area contributed by atoms with Crippen LogP contribution in [0.2, 0.25) is 0 Å². The molecule has 154 valence electrons. The van der Waals surface area contributed by atoms with Crippen LogP contribution in [0.5, 0.6) is 0 Å². The molecule has 0 aliphatic heterocycles. The van der Waals surface area contributed by atoms with Gasteiger partial charge in [-0.05, 0) is 19.1 Å². The minimum Gasteiger partial charge on any atom is -0.416 e. The molecule has 6 nitrogen and oxygen atoms in total. The van der Waals surface area contributed by atoms with Gasteiger partial charge in [0.05, 0.1) is 28.5 Å². The Balaban J connectivity index is 1.37. The highest BCUT2D eigenvalue weighted by Crippen LogP contribution is 2.29. The quantitative estimate of drug-likeness (QED) is 0.305. The highest BCUT2D eigenvalue weighted by molar-refractivity contribution is 7.98. The zero-order chi connectivity index (χ0) is 21.0. The Hall–Kier alpha value is -3.23. The highest BCUT2D eigenvalue weighted by Gasteiger charge is 2.15. The smallest absolute Gasteiger partial charge is 0.276 e. The van der Waals surface area contributed by atoms with Crippen molar-refractivity contribution in [2.75, 3.05) is 0 Å². The van der Waals surface area contributed by atoms with Crippen molar-refractivity contribution < 1.29 is 4.42 Å². The third-order valence-electron chi connectivity index (χ3n) is 4.66. The fourth-order valence-corrected chi connectivity index (χ4v) is 4.58. The lowest BCUT2D eigenvalue weighted by molar-refractivity contribution is 0.419. The maximum Gasteiger partial charge on any atom is 0.276 e. The van der Waals surface area contributed by atoms with Crippen LogP contribution in [0.15, 0.2) is 81.9 Å². The summed E-state index contributed by atoms with van der Waals surface area (Å²) in [6, 6.07) is 20.3. The monoisotopic (exact) mass is 445 g/mol. The largest absolute Gasteiger partial charge is 0.416 e. The van der Waals surface area contributed by atoms with Crippen molar-refractivity contribution >= 4 is 23.1 Å². The standard InChI is InChI=1S/C23H19N5OS2/c1-16-24-19(15-30-16)12-21-25-26-23(29-21)31-14-18-13-28(20-10-6-3-7-11-20)27-22(18)17-8-4-2-5-9-17/h2-11,13,15H,12,14H2,1H3. The molecule has 0 atom stereocenters. The first-order chi connectivity index (χ1) is 15.2. The summed E-state index contributed by atoms with van der Waals surface area (Å²) in [5.74, 6) is 1.25. The van der Waals surface area contributed by atoms with Crippen LogP contribution in [0.1, 0.15) is 22.2 Å². The molecule has 5 rings (SSSR count). The van der Waals surface area contributed by atoms with E-state index in [1.807, 2.05) is 65.5 Å². The molecule has 0 aliphatic rings. The van der Waals surface area contributed by atoms with E-state index in [1.165, 1.54) is 11.8 Å². The summed E-state index contributed by atoms with van der Waals surface area (Å²) in [4.78, 5) is 4.46. The molecule has 0 bridgehead atoms. The predicted molar refractivity (Wildman–Crippen MR) is 123 cm³/mol. The normalized spacial score (nSPS) is 11.1. The number of para-hydroxylation sites is 1. The Morgan fingerprint density at radius 1 is 1.00 bits per heavy atom. The lowest BCUT2D eigenvalue weighted by Crippen LogP contribution is -1.93. The minimum atomic E-state index is 0.549. The molecule has 3 aromatic heterocycles. The van der Waals surface area contributed by atoms with Crippen molar-refractivity contribution in [3.8, 4) is 16.9 Å². The van der Waals surface area contributed by atoms with E-state index in [-0.39, 0.29) is 0 Å². The summed E-state index contributed by atoms with van der Waals surface area (Å²) in [6.45, 7) is 1.99. The van der Waals surface area contributed by atoms with E-state index in [1.54, 1.807) is 11.3 Å². The van der Waals surface area contributed by atoms with Crippen LogP contribution in [0, 0.1) is 6.92 Å². The molecule has 2 aromatic carbocycles. The second-order valence-electron chi connectivity index (χ2n) is 6.93. The van der Waals surface area contributed by atoms with Gasteiger partial charge in [-0.25, -0.2) is 9.67 Å². The number of hydrogen-bond donors (Lipinski definition) is 0. The maximum atomic E-state index is 5.83. The van der Waals surface area contributed by atoms with Crippen LogP contribution in [0.3, 0.4) is 0 Å². The van der Waals surface area contributed by atoms with Crippen molar-refractivity contribution in [2.45, 2.75) is 24.3 Å². The number of rotatable bonds is 7. The fraction of sp³-hybridized carbons (Fsp3) is 0.130. The van der Waals surface area contributed by atoms with E-state index in [9.17, 15) is 0 Å². The molecule has 0 aliphatic carbocycles. The fourth-order valence-electron chi connectivity index (χ4n) is 3.22. The Morgan fingerprint density at radius 3 is 2.52 bits per heavy atom. The highest BCUT2D eigenvalue weighted by atomic mass is 32.2. The number of hydrogen-bond acceptors (Lipinski definition) is 7. The Labute approximate surface area is 188 Å². The van der Waals surface area contributed by atoms with Gasteiger partial charge in [-0.2, -0.15) is 5.10 Å². The molecule has 0 N–H and O–H groups in total. The third-order valence-corrected chi connectivity index (χ3v) is 6.35. The van der Waals surface area contributed by atoms with E-state index >= 15 is 0 Å². The number of nitrogens with zero attached hydrogens (tertiary/aromatic N) is 5. The van der Waals surface area contributed by atoms with Crippen molar-refractivity contribution in [1.29, 1.82) is 0 Å². The van der Waals surface area contributed by atoms with E-state index < -0.39 is 0 Å². The van der Waals surface area contributed by atoms with Crippen LogP contribution in [0.25, 0.3) is 16.9 Å². The summed E-state index contributed by atoms with van der Waals surface area (Å²) in [5.41, 5.74) is 5.12. The maximum absolute atomic E-state index is 5.83. The van der Waals surface area contributed by atoms with Crippen molar-refractivity contribution in [2.24, 2.45) is 0 Å². The molecule has 3 heterocycles. The van der Waals surface area contributed by atoms with Crippen LogP contribution in [-0.2, 0) is 12.2 Å². The Kier molecular flexibility index (Phi) is 5.64. The Bertz CT molecular complexity index is 1280. The first kappa shape index (κ1) is 19.7. The molecule has 8 heteroatoms. The summed E-state index contributed by atoms with van der Waals surface area (Å²) in [5, 5.41) is 16.8. The second kappa shape index (κ2) is 8.87. The van der Waals surface area contributed by atoms with Gasteiger partial charge < -0.3 is 4.42 Å². The molecule has 0 saturated carbocycles. The zero-order valence-corrected chi connectivity index (χ0v) is 18.4. The van der Waals surface area contributed by atoms with Gasteiger partial charge in [0.1, 0.15) is 0 Å². The van der Waals surface area contributed by atoms with E-state index in [4.69, 9.17) is 9.52 Å². The SMILES string of the molecule is Cc1nc(Cc2nnc(SCc3cn(-c4ccccc4)nc3-c3ccccc3)o2)cs1. The minimum absolute atomic E-state index is 0.549. The Morgan fingerprint density at radius 2 is 1.77 bits per heavy atom. The molecular weight excluding hydrogens is 426 g/mol. The lowest BCUT2D eigenvalue weighted by Gasteiger charge is -2.01. The molecule has 0 saturated heterocycles. The number of aromatic nitrogens is 5. The number of benzene rings is 2. The van der Waals surface area contributed by atoms with Crippen molar-refractivity contribution in [3.05, 3.63) is 94.4 Å². The molecular formula is C23H19N5OS2. The number of thiazole rings is 1. The van der Waals surface area contributed by atoms with Crippen LogP contribution >= 0.6 is 23.1 Å². The van der Waals surface area contributed by atoms with Gasteiger partial charge in [-0.3, -0.25) is 0 Å². The summed E-state index contributed by atoms with van der Waals surface area (Å²) in [6.07, 6.45) is 2.62. The first-order valence-corrected chi connectivity index (χ1v) is 11.7. The number of aryl methyl sites for hydroxylation is 1. The van der Waals surface area contributed by atoms with Crippen molar-refractivity contribution in [3.63, 3.8) is 0 Å². The number of thioether (sulfide) groups is 1. The summed E-state index contributed by atoms with van der Waals surface area (Å²) >= 11 is 3.14. The first-order valence-electron chi connectivity index (χ1n) is 9.80. The molecule has 5 aromatic rings. The van der Waals surface area contributed by atoms with E-state index in [0.717, 1.165) is 33.2 Å². The molecule has 0 spiro atoms. The van der Waals surface area contributed by atoms with E-state index in [0.29, 0.717) is 23.3 Å². The molecule has 0 unspecified atom stereocenters. The van der Waals surface area contributed by atoms with Gasteiger partial charge in [0, 0.05) is 28.5 Å². The topological polar surface area (TPSA) is 69.6 Å². The summed E-state index contributed by atoms with van der Waals surface area (Å²) < 4.78 is 7.75. The van der Waals surface area contributed by atoms with Crippen molar-refractivity contribution in [1.82, 2.24) is 25.0 Å². The van der Waals surface area contributed by atoms with Crippen LogP contribution in [-0.4, -0.2) is 25.0 Å². The van der Waals surface area contributed by atoms with Crippen LogP contribution in [0.4, 0.5) is 0 Å². The summed E-state index contributed by atoms with van der Waals surface area (Å²) in [7, 11) is 0. The average molecular weight is 446 g/mol. The van der Waals surface area contributed by atoms with Gasteiger partial charge >= 0.3 is 0 Å². The molecule has 0 radical (unpaired) electrons. The van der Waals surface area contributed by atoms with Crippen LogP contribution < -0.4 is 0 Å². The third kappa shape index (κ3) is 4.60. The van der Waals surface area contributed by atoms with Gasteiger partial charge in [-0.15, -0.1) is 21.5 Å². The van der Waals surface area contributed by atoms with Gasteiger partial charge in [0.2, 0.25) is 5.89 Å². The zero-order valence-electron chi connectivity index (χ0n) is 16.8. The second-order valence-corrected chi connectivity index (χ2v) is 8.92. The van der Waals surface area contributed by atoms with E-state index in [2.05, 4.69) is 33.5 Å².